The van der Waals surface area contributed by atoms with Crippen molar-refractivity contribution in [3.8, 4) is 0 Å². The van der Waals surface area contributed by atoms with Gasteiger partial charge in [-0.25, -0.2) is 4.39 Å². The maximum Gasteiger partial charge on any atom is 0.307 e. The molecule has 18 heavy (non-hydrogen) atoms. The number of nitrogens with one attached hydrogen (secondary N) is 1. The topological polar surface area (TPSA) is 55.4 Å². The Hall–Kier alpha value is -1.33. The van der Waals surface area contributed by atoms with Crippen LogP contribution in [0.25, 0.3) is 0 Å². The van der Waals surface area contributed by atoms with Gasteiger partial charge in [0.2, 0.25) is 0 Å². The minimum absolute atomic E-state index is 0.0237. The number of carbonyl (C=O) groups excluding carboxylic acids is 2. The first-order valence-corrected chi connectivity index (χ1v) is 5.71. The summed E-state index contributed by atoms with van der Waals surface area (Å²) in [6, 6.07) is 2.09. The average molecular weight is 294 g/mol. The Morgan fingerprint density at radius 2 is 2.00 bits per heavy atom. The second kappa shape index (κ2) is 6.56. The summed E-state index contributed by atoms with van der Waals surface area (Å²) in [6.07, 6.45) is 0.0237. The van der Waals surface area contributed by atoms with Gasteiger partial charge in [-0.2, -0.15) is 0 Å². The normalized spacial score (nSPS) is 10.0. The van der Waals surface area contributed by atoms with Crippen LogP contribution in [0.3, 0.4) is 0 Å². The van der Waals surface area contributed by atoms with E-state index in [0.29, 0.717) is 0 Å². The Morgan fingerprint density at radius 1 is 1.33 bits per heavy atom. The number of hydrogen-bond acceptors (Lipinski definition) is 3. The van der Waals surface area contributed by atoms with Crippen LogP contribution in [-0.4, -0.2) is 25.5 Å². The molecule has 0 saturated heterocycles. The van der Waals surface area contributed by atoms with Gasteiger partial charge in [0.05, 0.1) is 29.1 Å². The molecule has 0 heterocycles. The number of amides is 1. The largest absolute Gasteiger partial charge is 0.469 e. The van der Waals surface area contributed by atoms with Gasteiger partial charge in [-0.15, -0.1) is 0 Å². The molecular weight excluding hydrogens is 284 g/mol. The van der Waals surface area contributed by atoms with E-state index in [1.165, 1.54) is 7.11 Å². The van der Waals surface area contributed by atoms with E-state index in [4.69, 9.17) is 23.2 Å². The number of benzene rings is 1. The van der Waals surface area contributed by atoms with Gasteiger partial charge in [-0.1, -0.05) is 23.2 Å². The van der Waals surface area contributed by atoms with Gasteiger partial charge in [0.1, 0.15) is 5.82 Å². The van der Waals surface area contributed by atoms with E-state index in [1.54, 1.807) is 0 Å². The quantitative estimate of drug-likeness (QED) is 0.685. The molecule has 98 valence electrons. The molecular formula is C11H10Cl2FNO3. The first-order chi connectivity index (χ1) is 8.45. The third-order valence-electron chi connectivity index (χ3n) is 2.10. The maximum absolute atomic E-state index is 13.2. The van der Waals surface area contributed by atoms with Crippen LogP contribution in [0.4, 0.5) is 4.39 Å². The lowest BCUT2D eigenvalue weighted by Crippen LogP contribution is -2.26. The van der Waals surface area contributed by atoms with Crippen molar-refractivity contribution in [1.29, 1.82) is 0 Å². The molecule has 4 nitrogen and oxygen atoms in total. The number of carbonyl (C=O) groups is 2. The molecule has 0 atom stereocenters. The molecule has 0 aliphatic rings. The molecule has 1 aromatic carbocycles. The van der Waals surface area contributed by atoms with Crippen molar-refractivity contribution in [3.05, 3.63) is 33.6 Å². The van der Waals surface area contributed by atoms with Crippen LogP contribution in [0.15, 0.2) is 12.1 Å². The minimum Gasteiger partial charge on any atom is -0.469 e. The third kappa shape index (κ3) is 3.85. The zero-order chi connectivity index (χ0) is 13.7. The van der Waals surface area contributed by atoms with Crippen molar-refractivity contribution >= 4 is 35.1 Å². The molecule has 0 fully saturated rings. The molecule has 0 bridgehead atoms. The number of rotatable bonds is 4. The molecule has 0 aromatic heterocycles. The van der Waals surface area contributed by atoms with E-state index in [0.717, 1.165) is 12.1 Å². The number of methoxy groups -OCH3 is 1. The summed E-state index contributed by atoms with van der Waals surface area (Å²) in [4.78, 5) is 22.5. The van der Waals surface area contributed by atoms with E-state index < -0.39 is 17.7 Å². The van der Waals surface area contributed by atoms with Gasteiger partial charge in [-0.05, 0) is 12.1 Å². The highest BCUT2D eigenvalue weighted by Crippen LogP contribution is 2.24. The Kier molecular flexibility index (Phi) is 5.37. The van der Waals surface area contributed by atoms with Gasteiger partial charge in [-0.3, -0.25) is 9.59 Å². The Labute approximate surface area is 113 Å². The van der Waals surface area contributed by atoms with Crippen LogP contribution in [-0.2, 0) is 9.53 Å². The Bertz CT molecular complexity index is 480. The zero-order valence-corrected chi connectivity index (χ0v) is 10.9. The summed E-state index contributed by atoms with van der Waals surface area (Å²) >= 11 is 11.3. The fourth-order valence-corrected chi connectivity index (χ4v) is 1.64. The monoisotopic (exact) mass is 293 g/mol. The van der Waals surface area contributed by atoms with Crippen molar-refractivity contribution < 1.29 is 18.7 Å². The van der Waals surface area contributed by atoms with Crippen LogP contribution < -0.4 is 5.32 Å². The van der Waals surface area contributed by atoms with Crippen LogP contribution in [0.2, 0.25) is 10.0 Å². The Balaban J connectivity index is 2.67. The number of ether oxygens (including phenoxy) is 1. The van der Waals surface area contributed by atoms with Crippen LogP contribution in [0.5, 0.6) is 0 Å². The minimum atomic E-state index is -0.737. The summed E-state index contributed by atoms with van der Waals surface area (Å²) in [5.74, 6) is -1.78. The smallest absolute Gasteiger partial charge is 0.307 e. The molecule has 1 amide bonds. The molecule has 0 aliphatic carbocycles. The lowest BCUT2D eigenvalue weighted by atomic mass is 10.2. The van der Waals surface area contributed by atoms with Crippen molar-refractivity contribution in [2.75, 3.05) is 13.7 Å². The van der Waals surface area contributed by atoms with E-state index >= 15 is 0 Å². The third-order valence-corrected chi connectivity index (χ3v) is 2.70. The van der Waals surface area contributed by atoms with Gasteiger partial charge >= 0.3 is 5.97 Å². The fraction of sp³-hybridized carbons (Fsp3) is 0.273. The first kappa shape index (κ1) is 14.7. The molecule has 0 spiro atoms. The van der Waals surface area contributed by atoms with Crippen molar-refractivity contribution in [1.82, 2.24) is 5.32 Å². The second-order valence-corrected chi connectivity index (χ2v) is 4.14. The fourth-order valence-electron chi connectivity index (χ4n) is 1.17. The molecule has 0 saturated carbocycles. The number of halogens is 3. The van der Waals surface area contributed by atoms with Gasteiger partial charge < -0.3 is 10.1 Å². The number of hydrogen-bond donors (Lipinski definition) is 1. The number of esters is 1. The van der Waals surface area contributed by atoms with Crippen LogP contribution in [0.1, 0.15) is 16.8 Å². The highest BCUT2D eigenvalue weighted by molar-refractivity contribution is 6.36. The van der Waals surface area contributed by atoms with Crippen molar-refractivity contribution in [2.45, 2.75) is 6.42 Å². The summed E-state index contributed by atoms with van der Waals surface area (Å²) in [5.41, 5.74) is -0.0385. The average Bonchev–Trinajstić information content (AvgIpc) is 2.33. The molecule has 0 aliphatic heterocycles. The molecule has 0 unspecified atom stereocenters. The summed E-state index contributed by atoms with van der Waals surface area (Å²) in [5, 5.41) is 2.30. The van der Waals surface area contributed by atoms with E-state index in [1.807, 2.05) is 0 Å². The van der Waals surface area contributed by atoms with Crippen molar-refractivity contribution in [2.24, 2.45) is 0 Å². The summed E-state index contributed by atoms with van der Waals surface area (Å²) in [7, 11) is 1.25. The lowest BCUT2D eigenvalue weighted by Gasteiger charge is -2.07. The first-order valence-electron chi connectivity index (χ1n) is 4.95. The van der Waals surface area contributed by atoms with E-state index in [2.05, 4.69) is 10.1 Å². The van der Waals surface area contributed by atoms with Gasteiger partial charge in [0, 0.05) is 6.54 Å². The lowest BCUT2D eigenvalue weighted by molar-refractivity contribution is -0.140. The summed E-state index contributed by atoms with van der Waals surface area (Å²) in [6.45, 7) is 0.0755. The van der Waals surface area contributed by atoms with Crippen molar-refractivity contribution in [3.63, 3.8) is 0 Å². The molecule has 1 aromatic rings. The van der Waals surface area contributed by atoms with Crippen LogP contribution in [0, 0.1) is 5.82 Å². The predicted octanol–water partition coefficient (Wildman–Crippen LogP) is 2.43. The summed E-state index contributed by atoms with van der Waals surface area (Å²) < 4.78 is 17.6. The Morgan fingerprint density at radius 3 is 2.61 bits per heavy atom. The molecule has 0 radical (unpaired) electrons. The maximum atomic E-state index is 13.2. The van der Waals surface area contributed by atoms with Crippen LogP contribution >= 0.6 is 23.2 Å². The molecule has 1 N–H and O–H groups in total. The van der Waals surface area contributed by atoms with Gasteiger partial charge in [0.25, 0.3) is 5.91 Å². The highest BCUT2D eigenvalue weighted by atomic mass is 35.5. The predicted molar refractivity (Wildman–Crippen MR) is 65.4 cm³/mol. The van der Waals surface area contributed by atoms with Gasteiger partial charge in [0.15, 0.2) is 0 Å². The zero-order valence-electron chi connectivity index (χ0n) is 9.43. The standard InChI is InChI=1S/C11H10Cl2FNO3/c1-18-10(16)2-3-15-11(17)6-4-9(14)8(13)5-7(6)12/h4-5H,2-3H2,1H3,(H,15,17). The van der Waals surface area contributed by atoms with E-state index in [-0.39, 0.29) is 28.6 Å². The molecule has 7 heteroatoms. The molecule has 1 rings (SSSR count). The highest BCUT2D eigenvalue weighted by Gasteiger charge is 2.14. The SMILES string of the molecule is COC(=O)CCNC(=O)c1cc(F)c(Cl)cc1Cl. The van der Waals surface area contributed by atoms with E-state index in [9.17, 15) is 14.0 Å². The second-order valence-electron chi connectivity index (χ2n) is 3.33.